The normalized spacial score (nSPS) is 12.4. The molecule has 0 spiro atoms. The molecular weight excluding hydrogens is 301 g/mol. The molecule has 1 heterocycles. The second-order valence-corrected chi connectivity index (χ2v) is 5.20. The average molecular weight is 314 g/mol. The highest BCUT2D eigenvalue weighted by Crippen LogP contribution is 2.18. The number of alkyl halides is 1. The molecule has 0 aliphatic heterocycles. The summed E-state index contributed by atoms with van der Waals surface area (Å²) in [6.07, 6.45) is 1.87. The first-order chi connectivity index (χ1) is 8.65. The number of benzene rings is 1. The number of nitrogens with zero attached hydrogens (tertiary/aromatic N) is 3. The van der Waals surface area contributed by atoms with Crippen molar-refractivity contribution in [3.8, 4) is 5.75 Å². The van der Waals surface area contributed by atoms with Gasteiger partial charge in [-0.2, -0.15) is 0 Å². The van der Waals surface area contributed by atoms with Crippen molar-refractivity contribution in [1.82, 2.24) is 15.0 Å². The van der Waals surface area contributed by atoms with Crippen LogP contribution in [-0.2, 0) is 6.54 Å². The van der Waals surface area contributed by atoms with Gasteiger partial charge in [-0.1, -0.05) is 21.1 Å². The van der Waals surface area contributed by atoms with Gasteiger partial charge in [-0.3, -0.25) is 0 Å². The first kappa shape index (κ1) is 13.0. The summed E-state index contributed by atoms with van der Waals surface area (Å²) in [7, 11) is 0. The molecule has 1 unspecified atom stereocenters. The Labute approximate surface area is 113 Å². The summed E-state index contributed by atoms with van der Waals surface area (Å²) in [5.74, 6) is 0.375. The van der Waals surface area contributed by atoms with Crippen LogP contribution in [-0.4, -0.2) is 21.6 Å². The molecule has 0 fully saturated rings. The smallest absolute Gasteiger partial charge is 0.123 e. The third-order valence-corrected chi connectivity index (χ3v) is 2.84. The van der Waals surface area contributed by atoms with Crippen molar-refractivity contribution in [2.24, 2.45) is 0 Å². The third kappa shape index (κ3) is 3.53. The molecule has 0 saturated heterocycles. The number of aromatic nitrogens is 3. The molecule has 0 amide bonds. The molecule has 6 heteroatoms. The lowest BCUT2D eigenvalue weighted by molar-refractivity contribution is 0.289. The monoisotopic (exact) mass is 313 g/mol. The number of ether oxygens (including phenoxy) is 1. The maximum Gasteiger partial charge on any atom is 0.123 e. The van der Waals surface area contributed by atoms with Crippen LogP contribution in [0.5, 0.6) is 5.75 Å². The molecule has 96 valence electrons. The molecule has 4 nitrogen and oxygen atoms in total. The molecule has 1 aromatic heterocycles. The Morgan fingerprint density at radius 2 is 2.11 bits per heavy atom. The summed E-state index contributed by atoms with van der Waals surface area (Å²) in [5, 5.41) is 7.99. The predicted octanol–water partition coefficient (Wildman–Crippen LogP) is 2.95. The SMILES string of the molecule is CC(Br)c1cn(CCOc2ccc(F)cc2)nn1. The van der Waals surface area contributed by atoms with Crippen LogP contribution in [0.25, 0.3) is 0 Å². The molecule has 0 radical (unpaired) electrons. The summed E-state index contributed by atoms with van der Waals surface area (Å²) in [5.41, 5.74) is 0.886. The minimum atomic E-state index is -0.269. The van der Waals surface area contributed by atoms with Gasteiger partial charge in [0.2, 0.25) is 0 Å². The maximum absolute atomic E-state index is 12.7. The molecule has 0 aliphatic carbocycles. The summed E-state index contributed by atoms with van der Waals surface area (Å²) < 4.78 is 19.9. The van der Waals surface area contributed by atoms with Crippen molar-refractivity contribution in [2.75, 3.05) is 6.61 Å². The van der Waals surface area contributed by atoms with E-state index in [2.05, 4.69) is 26.2 Å². The minimum absolute atomic E-state index is 0.185. The minimum Gasteiger partial charge on any atom is -0.492 e. The Morgan fingerprint density at radius 3 is 2.72 bits per heavy atom. The van der Waals surface area contributed by atoms with Crippen molar-refractivity contribution in [3.05, 3.63) is 42.0 Å². The average Bonchev–Trinajstić information content (AvgIpc) is 2.81. The van der Waals surface area contributed by atoms with Crippen LogP contribution >= 0.6 is 15.9 Å². The van der Waals surface area contributed by atoms with Gasteiger partial charge in [-0.05, 0) is 31.2 Å². The number of halogens is 2. The van der Waals surface area contributed by atoms with E-state index in [4.69, 9.17) is 4.74 Å². The van der Waals surface area contributed by atoms with Crippen LogP contribution in [0.4, 0.5) is 4.39 Å². The molecule has 0 N–H and O–H groups in total. The summed E-state index contributed by atoms with van der Waals surface area (Å²) in [6.45, 7) is 3.05. The van der Waals surface area contributed by atoms with E-state index in [1.54, 1.807) is 16.8 Å². The van der Waals surface area contributed by atoms with E-state index in [1.807, 2.05) is 13.1 Å². The molecule has 0 aliphatic rings. The van der Waals surface area contributed by atoms with Crippen LogP contribution < -0.4 is 4.74 Å². The van der Waals surface area contributed by atoms with Gasteiger partial charge < -0.3 is 4.74 Å². The van der Waals surface area contributed by atoms with Crippen molar-refractivity contribution in [1.29, 1.82) is 0 Å². The van der Waals surface area contributed by atoms with Gasteiger partial charge in [0, 0.05) is 6.20 Å². The Balaban J connectivity index is 1.82. The largest absolute Gasteiger partial charge is 0.492 e. The fraction of sp³-hybridized carbons (Fsp3) is 0.333. The van der Waals surface area contributed by atoms with Crippen LogP contribution in [0.3, 0.4) is 0 Å². The second-order valence-electron chi connectivity index (χ2n) is 3.82. The molecule has 0 bridgehead atoms. The first-order valence-electron chi connectivity index (χ1n) is 5.57. The molecular formula is C12H13BrFN3O. The van der Waals surface area contributed by atoms with Gasteiger partial charge in [0.15, 0.2) is 0 Å². The van der Waals surface area contributed by atoms with Crippen molar-refractivity contribution in [3.63, 3.8) is 0 Å². The van der Waals surface area contributed by atoms with Crippen molar-refractivity contribution < 1.29 is 9.13 Å². The lowest BCUT2D eigenvalue weighted by Crippen LogP contribution is -2.08. The van der Waals surface area contributed by atoms with Gasteiger partial charge in [0.1, 0.15) is 18.2 Å². The zero-order valence-corrected chi connectivity index (χ0v) is 11.5. The quantitative estimate of drug-likeness (QED) is 0.797. The topological polar surface area (TPSA) is 39.9 Å². The maximum atomic E-state index is 12.7. The lowest BCUT2D eigenvalue weighted by atomic mass is 10.3. The zero-order chi connectivity index (χ0) is 13.0. The standard InChI is InChI=1S/C12H13BrFN3O/c1-9(13)12-8-17(16-15-12)6-7-18-11-4-2-10(14)3-5-11/h2-5,8-9H,6-7H2,1H3. The van der Waals surface area contributed by atoms with E-state index in [0.29, 0.717) is 18.9 Å². The lowest BCUT2D eigenvalue weighted by Gasteiger charge is -2.05. The number of rotatable bonds is 5. The number of hydrogen-bond acceptors (Lipinski definition) is 3. The van der Waals surface area contributed by atoms with E-state index >= 15 is 0 Å². The van der Waals surface area contributed by atoms with Crippen LogP contribution in [0.15, 0.2) is 30.5 Å². The highest BCUT2D eigenvalue weighted by atomic mass is 79.9. The Morgan fingerprint density at radius 1 is 1.39 bits per heavy atom. The first-order valence-corrected chi connectivity index (χ1v) is 6.49. The van der Waals surface area contributed by atoms with Crippen LogP contribution in [0.2, 0.25) is 0 Å². The van der Waals surface area contributed by atoms with E-state index < -0.39 is 0 Å². The van der Waals surface area contributed by atoms with Gasteiger partial charge in [-0.15, -0.1) is 5.10 Å². The Kier molecular flexibility index (Phi) is 4.30. The van der Waals surface area contributed by atoms with Crippen molar-refractivity contribution in [2.45, 2.75) is 18.3 Å². The molecule has 1 atom stereocenters. The van der Waals surface area contributed by atoms with Crippen LogP contribution in [0.1, 0.15) is 17.4 Å². The highest BCUT2D eigenvalue weighted by molar-refractivity contribution is 9.09. The highest BCUT2D eigenvalue weighted by Gasteiger charge is 2.05. The third-order valence-electron chi connectivity index (χ3n) is 2.37. The van der Waals surface area contributed by atoms with Gasteiger partial charge >= 0.3 is 0 Å². The predicted molar refractivity (Wildman–Crippen MR) is 69.3 cm³/mol. The van der Waals surface area contributed by atoms with Gasteiger partial charge in [0.25, 0.3) is 0 Å². The van der Waals surface area contributed by atoms with E-state index in [0.717, 1.165) is 5.69 Å². The molecule has 2 aromatic rings. The Bertz CT molecular complexity index is 498. The molecule has 2 rings (SSSR count). The van der Waals surface area contributed by atoms with Gasteiger partial charge in [-0.25, -0.2) is 9.07 Å². The Hall–Kier alpha value is -1.43. The molecule has 1 aromatic carbocycles. The fourth-order valence-corrected chi connectivity index (χ4v) is 1.60. The zero-order valence-electron chi connectivity index (χ0n) is 9.88. The number of hydrogen-bond donors (Lipinski definition) is 0. The van der Waals surface area contributed by atoms with E-state index in [9.17, 15) is 4.39 Å². The van der Waals surface area contributed by atoms with Crippen LogP contribution in [0, 0.1) is 5.82 Å². The summed E-state index contributed by atoms with van der Waals surface area (Å²) in [6, 6.07) is 5.94. The fourth-order valence-electron chi connectivity index (χ4n) is 1.39. The molecule has 18 heavy (non-hydrogen) atoms. The van der Waals surface area contributed by atoms with Crippen molar-refractivity contribution >= 4 is 15.9 Å². The van der Waals surface area contributed by atoms with Gasteiger partial charge in [0.05, 0.1) is 17.1 Å². The molecule has 0 saturated carbocycles. The van der Waals surface area contributed by atoms with E-state index in [-0.39, 0.29) is 10.6 Å². The summed E-state index contributed by atoms with van der Waals surface area (Å²) in [4.78, 5) is 0.185. The second kappa shape index (κ2) is 5.95. The summed E-state index contributed by atoms with van der Waals surface area (Å²) >= 11 is 3.42. The van der Waals surface area contributed by atoms with E-state index in [1.165, 1.54) is 12.1 Å².